The van der Waals surface area contributed by atoms with Gasteiger partial charge in [-0.25, -0.2) is 24.0 Å². The van der Waals surface area contributed by atoms with E-state index in [-0.39, 0.29) is 18.8 Å². The number of alkyl carbamates (subject to hydrolysis) is 1. The molecule has 0 aliphatic carbocycles. The summed E-state index contributed by atoms with van der Waals surface area (Å²) in [6.45, 7) is 8.26. The molecule has 1 aromatic carbocycles. The molecule has 1 aromatic heterocycles. The first-order chi connectivity index (χ1) is 16.4. The smallest absolute Gasteiger partial charge is 0.417 e. The van der Waals surface area contributed by atoms with Crippen LogP contribution in [0.3, 0.4) is 0 Å². The van der Waals surface area contributed by atoms with Gasteiger partial charge in [0.2, 0.25) is 0 Å². The molecule has 1 saturated heterocycles. The number of imide groups is 1. The van der Waals surface area contributed by atoms with Crippen LogP contribution in [0, 0.1) is 0 Å². The van der Waals surface area contributed by atoms with Gasteiger partial charge in [-0.3, -0.25) is 4.79 Å². The molecule has 3 rings (SSSR count). The molecular formula is C23H29N5O7. The average molecular weight is 488 g/mol. The van der Waals surface area contributed by atoms with Crippen molar-refractivity contribution in [2.45, 2.75) is 71.6 Å². The van der Waals surface area contributed by atoms with Gasteiger partial charge in [0.1, 0.15) is 24.4 Å². The standard InChI is InChI=1S/C23H29N5O7/c1-14(24-21(31)35-23(3,4)5)19(29)28-18(15(2)34-22(28)32)12-27-11-17(25-26-27)20(30)33-13-16-9-7-6-8-10-16/h6-11,14-15,18H,12-13H2,1-5H3,(H,24,31)/t14-,15-,18-/m0/s1. The zero-order valence-electron chi connectivity index (χ0n) is 20.3. The van der Waals surface area contributed by atoms with Crippen LogP contribution in [0.2, 0.25) is 0 Å². The third-order valence-corrected chi connectivity index (χ3v) is 5.03. The molecule has 188 valence electrons. The summed E-state index contributed by atoms with van der Waals surface area (Å²) in [5.41, 5.74) is 0.0624. The Labute approximate surface area is 202 Å². The molecule has 0 spiro atoms. The molecule has 3 amide bonds. The van der Waals surface area contributed by atoms with Crippen LogP contribution in [0.15, 0.2) is 36.5 Å². The summed E-state index contributed by atoms with van der Waals surface area (Å²) < 4.78 is 17.0. The molecule has 2 aromatic rings. The van der Waals surface area contributed by atoms with Crippen LogP contribution in [0.4, 0.5) is 9.59 Å². The first kappa shape index (κ1) is 25.7. The summed E-state index contributed by atoms with van der Waals surface area (Å²) in [6, 6.07) is 7.39. The lowest BCUT2D eigenvalue weighted by Crippen LogP contribution is -2.52. The van der Waals surface area contributed by atoms with Crippen LogP contribution in [0.25, 0.3) is 0 Å². The Morgan fingerprint density at radius 3 is 2.54 bits per heavy atom. The quantitative estimate of drug-likeness (QED) is 0.460. The minimum atomic E-state index is -1.05. The predicted octanol–water partition coefficient (Wildman–Crippen LogP) is 2.28. The number of hydrogen-bond acceptors (Lipinski definition) is 9. The van der Waals surface area contributed by atoms with Crippen LogP contribution in [-0.4, -0.2) is 67.7 Å². The van der Waals surface area contributed by atoms with Crippen LogP contribution in [-0.2, 0) is 32.2 Å². The van der Waals surface area contributed by atoms with Gasteiger partial charge in [-0.2, -0.15) is 0 Å². The van der Waals surface area contributed by atoms with E-state index in [1.54, 1.807) is 27.7 Å². The number of ether oxygens (including phenoxy) is 3. The van der Waals surface area contributed by atoms with Crippen molar-refractivity contribution >= 4 is 24.1 Å². The van der Waals surface area contributed by atoms with Gasteiger partial charge in [0, 0.05) is 0 Å². The van der Waals surface area contributed by atoms with Gasteiger partial charge in [-0.05, 0) is 40.2 Å². The molecule has 1 aliphatic heterocycles. The van der Waals surface area contributed by atoms with Crippen LogP contribution < -0.4 is 5.32 Å². The van der Waals surface area contributed by atoms with E-state index in [0.717, 1.165) is 10.5 Å². The SMILES string of the molecule is C[C@H](NC(=O)OC(C)(C)C)C(=O)N1C(=O)O[C@@H](C)[C@@H]1Cn1cc(C(=O)OCc2ccccc2)nn1. The third kappa shape index (κ3) is 6.78. The largest absolute Gasteiger partial charge is 0.456 e. The maximum absolute atomic E-state index is 13.0. The minimum Gasteiger partial charge on any atom is -0.456 e. The molecule has 1 aliphatic rings. The van der Waals surface area contributed by atoms with Crippen molar-refractivity contribution in [2.75, 3.05) is 0 Å². The zero-order valence-corrected chi connectivity index (χ0v) is 20.3. The average Bonchev–Trinajstić information content (AvgIpc) is 3.35. The van der Waals surface area contributed by atoms with Crippen molar-refractivity contribution in [1.82, 2.24) is 25.2 Å². The van der Waals surface area contributed by atoms with Gasteiger partial charge >= 0.3 is 18.2 Å². The first-order valence-electron chi connectivity index (χ1n) is 11.1. The summed E-state index contributed by atoms with van der Waals surface area (Å²) in [6.07, 6.45) is -0.912. The number of aromatic nitrogens is 3. The number of nitrogens with zero attached hydrogens (tertiary/aromatic N) is 4. The minimum absolute atomic E-state index is 0.0170. The topological polar surface area (TPSA) is 142 Å². The highest BCUT2D eigenvalue weighted by Crippen LogP contribution is 2.22. The number of carbonyl (C=O) groups is 4. The monoisotopic (exact) mass is 487 g/mol. The summed E-state index contributed by atoms with van der Waals surface area (Å²) in [5, 5.41) is 10.2. The predicted molar refractivity (Wildman–Crippen MR) is 121 cm³/mol. The molecule has 0 radical (unpaired) electrons. The Bertz CT molecular complexity index is 1080. The zero-order chi connectivity index (χ0) is 25.8. The number of hydrogen-bond donors (Lipinski definition) is 1. The number of rotatable bonds is 7. The molecule has 1 fully saturated rings. The van der Waals surface area contributed by atoms with Gasteiger partial charge in [0.05, 0.1) is 18.8 Å². The van der Waals surface area contributed by atoms with E-state index in [9.17, 15) is 19.2 Å². The summed E-state index contributed by atoms with van der Waals surface area (Å²) >= 11 is 0. The van der Waals surface area contributed by atoms with E-state index in [1.807, 2.05) is 30.3 Å². The van der Waals surface area contributed by atoms with Crippen molar-refractivity contribution in [2.24, 2.45) is 0 Å². The van der Waals surface area contributed by atoms with Crippen molar-refractivity contribution < 1.29 is 33.4 Å². The number of carbonyl (C=O) groups excluding carboxylic acids is 4. The van der Waals surface area contributed by atoms with Gasteiger partial charge in [-0.15, -0.1) is 5.10 Å². The fourth-order valence-electron chi connectivity index (χ4n) is 3.35. The highest BCUT2D eigenvalue weighted by atomic mass is 16.6. The second-order valence-electron chi connectivity index (χ2n) is 9.12. The first-order valence-corrected chi connectivity index (χ1v) is 11.1. The molecule has 0 saturated carbocycles. The van der Waals surface area contributed by atoms with Crippen molar-refractivity contribution in [3.8, 4) is 0 Å². The number of benzene rings is 1. The van der Waals surface area contributed by atoms with Gasteiger partial charge in [0.25, 0.3) is 5.91 Å². The molecule has 2 heterocycles. The van der Waals surface area contributed by atoms with Crippen molar-refractivity contribution in [3.63, 3.8) is 0 Å². The molecule has 35 heavy (non-hydrogen) atoms. The van der Waals surface area contributed by atoms with Crippen LogP contribution in [0.5, 0.6) is 0 Å². The fourth-order valence-corrected chi connectivity index (χ4v) is 3.35. The third-order valence-electron chi connectivity index (χ3n) is 5.03. The molecular weight excluding hydrogens is 458 g/mol. The molecule has 1 N–H and O–H groups in total. The second kappa shape index (κ2) is 10.5. The number of amides is 3. The van der Waals surface area contributed by atoms with E-state index in [2.05, 4.69) is 15.6 Å². The number of nitrogens with one attached hydrogen (secondary N) is 1. The normalized spacial score (nSPS) is 18.5. The van der Waals surface area contributed by atoms with E-state index in [4.69, 9.17) is 14.2 Å². The second-order valence-corrected chi connectivity index (χ2v) is 9.12. The lowest BCUT2D eigenvalue weighted by atomic mass is 10.1. The summed E-state index contributed by atoms with van der Waals surface area (Å²) in [7, 11) is 0. The van der Waals surface area contributed by atoms with Crippen molar-refractivity contribution in [1.29, 1.82) is 0 Å². The Morgan fingerprint density at radius 2 is 1.89 bits per heavy atom. The number of esters is 1. The van der Waals surface area contributed by atoms with Gasteiger partial charge in [-0.1, -0.05) is 35.5 Å². The van der Waals surface area contributed by atoms with Gasteiger partial charge < -0.3 is 19.5 Å². The fraction of sp³-hybridized carbons (Fsp3) is 0.478. The highest BCUT2D eigenvalue weighted by molar-refractivity contribution is 5.97. The Balaban J connectivity index is 1.63. The Morgan fingerprint density at radius 1 is 1.20 bits per heavy atom. The lowest BCUT2D eigenvalue weighted by Gasteiger charge is -2.26. The van der Waals surface area contributed by atoms with Gasteiger partial charge in [0.15, 0.2) is 5.69 Å². The Kier molecular flexibility index (Phi) is 7.72. The van der Waals surface area contributed by atoms with Crippen LogP contribution in [0.1, 0.15) is 50.7 Å². The molecule has 0 bridgehead atoms. The highest BCUT2D eigenvalue weighted by Gasteiger charge is 2.45. The number of cyclic esters (lactones) is 1. The van der Waals surface area contributed by atoms with E-state index >= 15 is 0 Å². The van der Waals surface area contributed by atoms with E-state index < -0.39 is 47.9 Å². The Hall–Kier alpha value is -3.96. The van der Waals surface area contributed by atoms with Crippen molar-refractivity contribution in [3.05, 3.63) is 47.8 Å². The maximum atomic E-state index is 13.0. The summed E-state index contributed by atoms with van der Waals surface area (Å²) in [5.74, 6) is -1.33. The van der Waals surface area contributed by atoms with E-state index in [1.165, 1.54) is 17.8 Å². The summed E-state index contributed by atoms with van der Waals surface area (Å²) in [4.78, 5) is 50.6. The van der Waals surface area contributed by atoms with E-state index in [0.29, 0.717) is 0 Å². The molecule has 12 heteroatoms. The maximum Gasteiger partial charge on any atom is 0.417 e. The lowest BCUT2D eigenvalue weighted by molar-refractivity contribution is -0.131. The molecule has 3 atom stereocenters. The molecule has 12 nitrogen and oxygen atoms in total. The molecule has 0 unspecified atom stereocenters. The van der Waals surface area contributed by atoms with Crippen LogP contribution >= 0.6 is 0 Å².